The van der Waals surface area contributed by atoms with E-state index in [-0.39, 0.29) is 11.4 Å². The second-order valence-electron chi connectivity index (χ2n) is 4.00. The summed E-state index contributed by atoms with van der Waals surface area (Å²) in [6.45, 7) is 2.14. The van der Waals surface area contributed by atoms with Crippen LogP contribution in [0.1, 0.15) is 12.5 Å². The first kappa shape index (κ1) is 14.4. The number of pyridine rings is 1. The highest BCUT2D eigenvalue weighted by Gasteiger charge is 2.14. The van der Waals surface area contributed by atoms with Crippen LogP contribution in [0.4, 0.5) is 11.5 Å². The van der Waals surface area contributed by atoms with Gasteiger partial charge in [-0.15, -0.1) is 0 Å². The maximum absolute atomic E-state index is 11.0. The summed E-state index contributed by atoms with van der Waals surface area (Å²) in [6.07, 6.45) is 3.12. The van der Waals surface area contributed by atoms with Gasteiger partial charge in [0.05, 0.1) is 17.7 Å². The van der Waals surface area contributed by atoms with Gasteiger partial charge in [0.25, 0.3) is 0 Å². The van der Waals surface area contributed by atoms with Gasteiger partial charge < -0.3 is 4.74 Å². The van der Waals surface area contributed by atoms with Crippen molar-refractivity contribution in [1.82, 2.24) is 4.98 Å². The number of anilines is 1. The lowest BCUT2D eigenvalue weighted by molar-refractivity contribution is -0.385. The molecule has 1 aromatic carbocycles. The molecule has 0 aliphatic carbocycles. The van der Waals surface area contributed by atoms with Crippen molar-refractivity contribution in [1.29, 1.82) is 0 Å². The first-order valence-electron chi connectivity index (χ1n) is 6.32. The predicted octanol–water partition coefficient (Wildman–Crippen LogP) is 2.83. The van der Waals surface area contributed by atoms with E-state index in [1.807, 2.05) is 6.07 Å². The van der Waals surface area contributed by atoms with Gasteiger partial charge in [-0.25, -0.2) is 4.98 Å². The van der Waals surface area contributed by atoms with Crippen LogP contribution in [0.2, 0.25) is 0 Å². The minimum Gasteiger partial charge on any atom is -0.487 e. The van der Waals surface area contributed by atoms with Crippen molar-refractivity contribution < 1.29 is 9.66 Å². The Morgan fingerprint density at radius 2 is 2.29 bits per heavy atom. The number of nitro groups is 1. The van der Waals surface area contributed by atoms with Gasteiger partial charge in [0.2, 0.25) is 0 Å². The maximum atomic E-state index is 11.0. The predicted molar refractivity (Wildman–Crippen MR) is 79.7 cm³/mol. The number of nitrogens with one attached hydrogen (secondary N) is 1. The second-order valence-corrected chi connectivity index (χ2v) is 4.00. The standard InChI is InChI=1S/C14H14N4O3/c1-2-21-13-7-6-11(9-12(13)18(19)20)10-16-17-14-5-3-4-8-15-14/h3-10H,2H2,1H3,(H,15,17)/b16-10+. The SMILES string of the molecule is CCOc1ccc(/C=N/Nc2ccccn2)cc1[N+](=O)[O-]. The molecule has 1 aromatic heterocycles. The number of hydrazone groups is 1. The highest BCUT2D eigenvalue weighted by Crippen LogP contribution is 2.27. The molecular formula is C14H14N4O3. The van der Waals surface area contributed by atoms with Gasteiger partial charge in [0.1, 0.15) is 5.82 Å². The monoisotopic (exact) mass is 286 g/mol. The number of hydrogen-bond donors (Lipinski definition) is 1. The lowest BCUT2D eigenvalue weighted by Gasteiger charge is -2.04. The molecule has 108 valence electrons. The molecule has 0 spiro atoms. The number of ether oxygens (including phenoxy) is 1. The largest absolute Gasteiger partial charge is 0.487 e. The summed E-state index contributed by atoms with van der Waals surface area (Å²) in [5.74, 6) is 0.839. The molecule has 21 heavy (non-hydrogen) atoms. The van der Waals surface area contributed by atoms with E-state index in [4.69, 9.17) is 4.74 Å². The summed E-state index contributed by atoms with van der Waals surface area (Å²) < 4.78 is 5.22. The molecule has 2 aromatic rings. The van der Waals surface area contributed by atoms with Crippen LogP contribution in [0.25, 0.3) is 0 Å². The third-order valence-corrected chi connectivity index (χ3v) is 2.54. The fraction of sp³-hybridized carbons (Fsp3) is 0.143. The third-order valence-electron chi connectivity index (χ3n) is 2.54. The van der Waals surface area contributed by atoms with Crippen LogP contribution in [-0.4, -0.2) is 22.7 Å². The van der Waals surface area contributed by atoms with E-state index in [9.17, 15) is 10.1 Å². The summed E-state index contributed by atoms with van der Waals surface area (Å²) in [4.78, 5) is 14.6. The van der Waals surface area contributed by atoms with Crippen molar-refractivity contribution in [3.05, 3.63) is 58.3 Å². The van der Waals surface area contributed by atoms with E-state index in [2.05, 4.69) is 15.5 Å². The number of nitro benzene ring substituents is 1. The Kier molecular flexibility index (Phi) is 4.81. The van der Waals surface area contributed by atoms with E-state index in [0.717, 1.165) is 0 Å². The van der Waals surface area contributed by atoms with Gasteiger partial charge in [0.15, 0.2) is 5.75 Å². The zero-order valence-electron chi connectivity index (χ0n) is 11.4. The lowest BCUT2D eigenvalue weighted by atomic mass is 10.2. The molecule has 0 atom stereocenters. The molecule has 2 rings (SSSR count). The number of aromatic nitrogens is 1. The normalized spacial score (nSPS) is 10.5. The fourth-order valence-corrected chi connectivity index (χ4v) is 1.64. The van der Waals surface area contributed by atoms with Gasteiger partial charge in [-0.2, -0.15) is 5.10 Å². The van der Waals surface area contributed by atoms with Crippen LogP contribution in [0.5, 0.6) is 5.75 Å². The van der Waals surface area contributed by atoms with Crippen molar-refractivity contribution >= 4 is 17.7 Å². The highest BCUT2D eigenvalue weighted by molar-refractivity contribution is 5.82. The zero-order chi connectivity index (χ0) is 15.1. The summed E-state index contributed by atoms with van der Waals surface area (Å²) in [5.41, 5.74) is 3.25. The average molecular weight is 286 g/mol. The van der Waals surface area contributed by atoms with Crippen LogP contribution in [0, 0.1) is 10.1 Å². The summed E-state index contributed by atoms with van der Waals surface area (Å²) in [7, 11) is 0. The van der Waals surface area contributed by atoms with Crippen molar-refractivity contribution in [3.63, 3.8) is 0 Å². The number of rotatable bonds is 6. The maximum Gasteiger partial charge on any atom is 0.311 e. The Morgan fingerprint density at radius 1 is 1.43 bits per heavy atom. The molecule has 1 N–H and O–H groups in total. The molecule has 0 bridgehead atoms. The molecule has 0 saturated heterocycles. The van der Waals surface area contributed by atoms with Crippen molar-refractivity contribution in [2.45, 2.75) is 6.92 Å². The minimum absolute atomic E-state index is 0.0846. The van der Waals surface area contributed by atoms with E-state index in [1.165, 1.54) is 12.3 Å². The van der Waals surface area contributed by atoms with Crippen molar-refractivity contribution in [2.24, 2.45) is 5.10 Å². The van der Waals surface area contributed by atoms with Crippen LogP contribution in [0.3, 0.4) is 0 Å². The molecule has 0 saturated carbocycles. The van der Waals surface area contributed by atoms with E-state index in [0.29, 0.717) is 18.0 Å². The molecule has 0 aliphatic heterocycles. The topological polar surface area (TPSA) is 89.7 Å². The lowest BCUT2D eigenvalue weighted by Crippen LogP contribution is -1.99. The fourth-order valence-electron chi connectivity index (χ4n) is 1.64. The number of benzene rings is 1. The van der Waals surface area contributed by atoms with Crippen LogP contribution in [-0.2, 0) is 0 Å². The molecule has 0 aliphatic rings. The summed E-state index contributed by atoms with van der Waals surface area (Å²) >= 11 is 0. The molecule has 0 fully saturated rings. The second kappa shape index (κ2) is 6.99. The molecule has 0 radical (unpaired) electrons. The Labute approximate surface area is 121 Å². The van der Waals surface area contributed by atoms with Gasteiger partial charge in [0, 0.05) is 17.8 Å². The number of hydrogen-bond acceptors (Lipinski definition) is 6. The Hall–Kier alpha value is -2.96. The van der Waals surface area contributed by atoms with Gasteiger partial charge in [-0.1, -0.05) is 6.07 Å². The first-order chi connectivity index (χ1) is 10.2. The zero-order valence-corrected chi connectivity index (χ0v) is 11.4. The van der Waals surface area contributed by atoms with Crippen LogP contribution in [0.15, 0.2) is 47.7 Å². The molecule has 0 amide bonds. The summed E-state index contributed by atoms with van der Waals surface area (Å²) in [5, 5.41) is 15.0. The first-order valence-corrected chi connectivity index (χ1v) is 6.32. The average Bonchev–Trinajstić information content (AvgIpc) is 2.50. The summed E-state index contributed by atoms with van der Waals surface area (Å²) in [6, 6.07) is 10.1. The quantitative estimate of drug-likeness (QED) is 0.501. The van der Waals surface area contributed by atoms with E-state index in [1.54, 1.807) is 37.4 Å². The molecule has 0 unspecified atom stereocenters. The Morgan fingerprint density at radius 3 is 2.95 bits per heavy atom. The van der Waals surface area contributed by atoms with Crippen LogP contribution >= 0.6 is 0 Å². The number of nitrogens with zero attached hydrogens (tertiary/aromatic N) is 3. The minimum atomic E-state index is -0.478. The van der Waals surface area contributed by atoms with E-state index >= 15 is 0 Å². The Balaban J connectivity index is 2.13. The Bertz CT molecular complexity index is 644. The van der Waals surface area contributed by atoms with Crippen LogP contribution < -0.4 is 10.2 Å². The molecule has 7 nitrogen and oxygen atoms in total. The van der Waals surface area contributed by atoms with Gasteiger partial charge >= 0.3 is 5.69 Å². The van der Waals surface area contributed by atoms with Gasteiger partial charge in [-0.3, -0.25) is 15.5 Å². The molecule has 1 heterocycles. The highest BCUT2D eigenvalue weighted by atomic mass is 16.6. The molecule has 7 heteroatoms. The third kappa shape index (κ3) is 4.00. The molecular weight excluding hydrogens is 272 g/mol. The smallest absolute Gasteiger partial charge is 0.311 e. The van der Waals surface area contributed by atoms with Crippen molar-refractivity contribution in [3.8, 4) is 5.75 Å². The van der Waals surface area contributed by atoms with Crippen molar-refractivity contribution in [2.75, 3.05) is 12.0 Å². The van der Waals surface area contributed by atoms with E-state index < -0.39 is 4.92 Å². The van der Waals surface area contributed by atoms with Gasteiger partial charge in [-0.05, 0) is 31.2 Å².